The Morgan fingerprint density at radius 1 is 1.36 bits per heavy atom. The average molecular weight is 170 g/mol. The summed E-state index contributed by atoms with van der Waals surface area (Å²) in [6.07, 6.45) is -7.77. The Hall–Kier alpha value is -0.610. The Balaban J connectivity index is 2.68. The van der Waals surface area contributed by atoms with Crippen molar-refractivity contribution in [3.8, 4) is 0 Å². The zero-order valence-corrected chi connectivity index (χ0v) is 5.49. The number of carbonyl (C=O) groups excluding carboxylic acids is 1. The van der Waals surface area contributed by atoms with E-state index in [0.717, 1.165) is 0 Å². The minimum atomic E-state index is -4.89. The van der Waals surface area contributed by atoms with Crippen molar-refractivity contribution in [3.63, 3.8) is 0 Å². The first-order valence-electron chi connectivity index (χ1n) is 3.09. The van der Waals surface area contributed by atoms with Crippen LogP contribution in [-0.2, 0) is 4.79 Å². The van der Waals surface area contributed by atoms with Crippen molar-refractivity contribution in [3.05, 3.63) is 0 Å². The predicted molar refractivity (Wildman–Crippen MR) is 28.7 cm³/mol. The van der Waals surface area contributed by atoms with Crippen LogP contribution in [-0.4, -0.2) is 18.6 Å². The van der Waals surface area contributed by atoms with Gasteiger partial charge in [-0.3, -0.25) is 0 Å². The van der Waals surface area contributed by atoms with Gasteiger partial charge in [-0.15, -0.1) is 0 Å². The number of hydrogen-bond donors (Lipinski definition) is 0. The first kappa shape index (κ1) is 8.49. The number of hydrogen-bond acceptors (Lipinski definition) is 1. The molecular formula is C6H6F4O. The van der Waals surface area contributed by atoms with Gasteiger partial charge < -0.3 is 4.79 Å². The summed E-state index contributed by atoms with van der Waals surface area (Å²) in [7, 11) is 0. The van der Waals surface area contributed by atoms with Crippen molar-refractivity contribution in [2.24, 2.45) is 5.41 Å². The molecule has 1 nitrogen and oxygen atoms in total. The third-order valence-electron chi connectivity index (χ3n) is 1.85. The molecule has 1 atom stereocenters. The van der Waals surface area contributed by atoms with Crippen molar-refractivity contribution in [1.82, 2.24) is 0 Å². The topological polar surface area (TPSA) is 17.1 Å². The third kappa shape index (κ3) is 1.36. The molecule has 11 heavy (non-hydrogen) atoms. The first-order valence-corrected chi connectivity index (χ1v) is 3.09. The van der Waals surface area contributed by atoms with E-state index in [9.17, 15) is 22.4 Å². The highest BCUT2D eigenvalue weighted by Gasteiger charge is 2.61. The molecule has 0 N–H and O–H groups in total. The summed E-state index contributed by atoms with van der Waals surface area (Å²) in [4.78, 5) is 10.0. The van der Waals surface area contributed by atoms with Gasteiger partial charge in [-0.25, -0.2) is 4.39 Å². The van der Waals surface area contributed by atoms with E-state index < -0.39 is 17.8 Å². The molecule has 0 heterocycles. The van der Waals surface area contributed by atoms with E-state index in [1.165, 1.54) is 0 Å². The lowest BCUT2D eigenvalue weighted by Gasteiger charge is -2.16. The van der Waals surface area contributed by atoms with E-state index in [1.807, 2.05) is 0 Å². The summed E-state index contributed by atoms with van der Waals surface area (Å²) in [6, 6.07) is 0. The minimum Gasteiger partial charge on any atom is -0.303 e. The summed E-state index contributed by atoms with van der Waals surface area (Å²) in [5.74, 6) is 0. The maximum Gasteiger partial charge on any atom is 0.420 e. The van der Waals surface area contributed by atoms with Crippen LogP contribution in [0.5, 0.6) is 0 Å². The van der Waals surface area contributed by atoms with Gasteiger partial charge in [-0.05, 0) is 12.8 Å². The number of alkyl halides is 4. The Kier molecular flexibility index (Phi) is 1.69. The summed E-state index contributed by atoms with van der Waals surface area (Å²) in [5, 5.41) is 0. The number of rotatable bonds is 2. The first-order chi connectivity index (χ1) is 4.92. The largest absolute Gasteiger partial charge is 0.420 e. The molecule has 1 unspecified atom stereocenters. The minimum absolute atomic E-state index is 0.0111. The second-order valence-electron chi connectivity index (χ2n) is 2.76. The molecule has 1 aliphatic rings. The molecule has 0 aliphatic heterocycles. The van der Waals surface area contributed by atoms with Crippen LogP contribution < -0.4 is 0 Å². The molecule has 0 aromatic heterocycles. The van der Waals surface area contributed by atoms with Gasteiger partial charge in [0.15, 0.2) is 0 Å². The maximum absolute atomic E-state index is 12.4. The molecule has 0 aromatic carbocycles. The zero-order valence-electron chi connectivity index (χ0n) is 5.49. The van der Waals surface area contributed by atoms with Crippen molar-refractivity contribution in [1.29, 1.82) is 0 Å². The van der Waals surface area contributed by atoms with Gasteiger partial charge in [0.2, 0.25) is 6.17 Å². The molecule has 0 aromatic rings. The summed E-state index contributed by atoms with van der Waals surface area (Å²) in [5.41, 5.74) is -1.74. The maximum atomic E-state index is 12.4. The van der Waals surface area contributed by atoms with Crippen molar-refractivity contribution >= 4 is 6.29 Å². The third-order valence-corrected chi connectivity index (χ3v) is 1.85. The summed E-state index contributed by atoms with van der Waals surface area (Å²) < 4.78 is 47.3. The van der Waals surface area contributed by atoms with Crippen LogP contribution >= 0.6 is 0 Å². The molecule has 0 amide bonds. The second kappa shape index (κ2) is 2.19. The van der Waals surface area contributed by atoms with E-state index in [4.69, 9.17) is 0 Å². The molecule has 0 spiro atoms. The van der Waals surface area contributed by atoms with Gasteiger partial charge in [0.1, 0.15) is 6.29 Å². The normalized spacial score (nSPS) is 24.4. The standard InChI is InChI=1S/C6H6F4O/c7-4(6(8,9)10)5(3-11)1-2-5/h3-4H,1-2H2. The average Bonchev–Trinajstić information content (AvgIpc) is 2.64. The van der Waals surface area contributed by atoms with Gasteiger partial charge >= 0.3 is 6.18 Å². The molecule has 5 heteroatoms. The Bertz CT molecular complexity index is 170. The van der Waals surface area contributed by atoms with Crippen LogP contribution in [0, 0.1) is 5.41 Å². The Morgan fingerprint density at radius 3 is 1.91 bits per heavy atom. The van der Waals surface area contributed by atoms with Gasteiger partial charge in [0.25, 0.3) is 0 Å². The highest BCUT2D eigenvalue weighted by atomic mass is 19.4. The lowest BCUT2D eigenvalue weighted by Crippen LogP contribution is -2.34. The van der Waals surface area contributed by atoms with Crippen molar-refractivity contribution in [2.75, 3.05) is 0 Å². The molecule has 1 aliphatic carbocycles. The summed E-state index contributed by atoms with van der Waals surface area (Å²) >= 11 is 0. The zero-order chi connectivity index (χ0) is 8.70. The van der Waals surface area contributed by atoms with Gasteiger partial charge in [-0.1, -0.05) is 0 Å². The molecule has 0 radical (unpaired) electrons. The number of carbonyl (C=O) groups is 1. The second-order valence-corrected chi connectivity index (χ2v) is 2.76. The smallest absolute Gasteiger partial charge is 0.303 e. The summed E-state index contributed by atoms with van der Waals surface area (Å²) in [6.45, 7) is 0. The molecule has 64 valence electrons. The lowest BCUT2D eigenvalue weighted by atomic mass is 10.0. The molecule has 1 saturated carbocycles. The fraction of sp³-hybridized carbons (Fsp3) is 0.833. The van der Waals surface area contributed by atoms with Crippen LogP contribution in [0.15, 0.2) is 0 Å². The highest BCUT2D eigenvalue weighted by Crippen LogP contribution is 2.52. The van der Waals surface area contributed by atoms with E-state index in [2.05, 4.69) is 0 Å². The van der Waals surface area contributed by atoms with E-state index >= 15 is 0 Å². The molecule has 0 bridgehead atoms. The van der Waals surface area contributed by atoms with E-state index in [-0.39, 0.29) is 19.1 Å². The van der Waals surface area contributed by atoms with Crippen LogP contribution in [0.4, 0.5) is 17.6 Å². The molecule has 0 saturated heterocycles. The fourth-order valence-corrected chi connectivity index (χ4v) is 0.901. The van der Waals surface area contributed by atoms with Crippen LogP contribution in [0.25, 0.3) is 0 Å². The van der Waals surface area contributed by atoms with Gasteiger partial charge in [-0.2, -0.15) is 13.2 Å². The lowest BCUT2D eigenvalue weighted by molar-refractivity contribution is -0.197. The van der Waals surface area contributed by atoms with Gasteiger partial charge in [0.05, 0.1) is 5.41 Å². The van der Waals surface area contributed by atoms with Gasteiger partial charge in [0, 0.05) is 0 Å². The van der Waals surface area contributed by atoms with Crippen LogP contribution in [0.2, 0.25) is 0 Å². The molecular weight excluding hydrogens is 164 g/mol. The quantitative estimate of drug-likeness (QED) is 0.456. The van der Waals surface area contributed by atoms with E-state index in [0.29, 0.717) is 0 Å². The predicted octanol–water partition coefficient (Wildman–Crippen LogP) is 1.87. The molecule has 1 fully saturated rings. The monoisotopic (exact) mass is 170 g/mol. The SMILES string of the molecule is O=CC1(C(F)C(F)(F)F)CC1. The van der Waals surface area contributed by atoms with Crippen LogP contribution in [0.3, 0.4) is 0 Å². The van der Waals surface area contributed by atoms with Crippen molar-refractivity contribution in [2.45, 2.75) is 25.2 Å². The fourth-order valence-electron chi connectivity index (χ4n) is 0.901. The highest BCUT2D eigenvalue weighted by molar-refractivity contribution is 5.64. The Labute approximate surface area is 60.4 Å². The number of halogens is 4. The Morgan fingerprint density at radius 2 is 1.82 bits per heavy atom. The van der Waals surface area contributed by atoms with Crippen molar-refractivity contribution < 1.29 is 22.4 Å². The number of aldehydes is 1. The molecule has 1 rings (SSSR count). The van der Waals surface area contributed by atoms with E-state index in [1.54, 1.807) is 0 Å². The van der Waals surface area contributed by atoms with Crippen LogP contribution in [0.1, 0.15) is 12.8 Å².